The Morgan fingerprint density at radius 3 is 2.38 bits per heavy atom. The number of carbonyl (C=O) groups is 1. The van der Waals surface area contributed by atoms with Crippen molar-refractivity contribution in [2.45, 2.75) is 44.5 Å². The largest absolute Gasteiger partial charge is 0.394 e. The second kappa shape index (κ2) is 8.46. The topological polar surface area (TPSA) is 110 Å². The molecule has 0 aromatic rings. The van der Waals surface area contributed by atoms with E-state index in [-0.39, 0.29) is 18.9 Å². The Morgan fingerprint density at radius 2 is 1.88 bits per heavy atom. The fourth-order valence-electron chi connectivity index (χ4n) is 1.18. The first-order valence-corrected chi connectivity index (χ1v) is 5.43. The van der Waals surface area contributed by atoms with E-state index >= 15 is 0 Å². The fraction of sp³-hybridized carbons (Fsp3) is 0.900. The summed E-state index contributed by atoms with van der Waals surface area (Å²) in [6.07, 6.45) is -2.39. The van der Waals surface area contributed by atoms with Crippen LogP contribution in [-0.2, 0) is 4.79 Å². The van der Waals surface area contributed by atoms with Crippen molar-refractivity contribution in [3.8, 4) is 0 Å². The summed E-state index contributed by atoms with van der Waals surface area (Å²) in [5, 5.41) is 38.8. The highest BCUT2D eigenvalue weighted by Gasteiger charge is 2.19. The Labute approximate surface area is 94.9 Å². The summed E-state index contributed by atoms with van der Waals surface area (Å²) in [4.78, 5) is 11.1. The van der Waals surface area contributed by atoms with Gasteiger partial charge in [-0.3, -0.25) is 4.79 Å². The predicted molar refractivity (Wildman–Crippen MR) is 57.6 cm³/mol. The number of aliphatic hydroxyl groups is 4. The van der Waals surface area contributed by atoms with Crippen molar-refractivity contribution < 1.29 is 25.2 Å². The lowest BCUT2D eigenvalue weighted by atomic mass is 10.1. The van der Waals surface area contributed by atoms with Crippen LogP contribution in [0.5, 0.6) is 0 Å². The summed E-state index contributed by atoms with van der Waals surface area (Å²) >= 11 is 0. The zero-order valence-corrected chi connectivity index (χ0v) is 9.46. The van der Waals surface area contributed by atoms with E-state index in [4.69, 9.17) is 10.2 Å². The van der Waals surface area contributed by atoms with Gasteiger partial charge in [-0.15, -0.1) is 0 Å². The zero-order chi connectivity index (χ0) is 12.6. The van der Waals surface area contributed by atoms with Crippen LogP contribution >= 0.6 is 0 Å². The monoisotopic (exact) mass is 235 g/mol. The summed E-state index contributed by atoms with van der Waals surface area (Å²) < 4.78 is 0. The van der Waals surface area contributed by atoms with E-state index in [1.54, 1.807) is 0 Å². The second-order valence-corrected chi connectivity index (χ2v) is 3.76. The molecule has 6 heteroatoms. The Morgan fingerprint density at radius 1 is 1.25 bits per heavy atom. The van der Waals surface area contributed by atoms with Crippen LogP contribution in [0, 0.1) is 0 Å². The van der Waals surface area contributed by atoms with Gasteiger partial charge >= 0.3 is 0 Å². The molecule has 0 rings (SSSR count). The second-order valence-electron chi connectivity index (χ2n) is 3.76. The molecule has 1 amide bonds. The molecule has 0 aliphatic rings. The molecule has 0 radical (unpaired) electrons. The van der Waals surface area contributed by atoms with Gasteiger partial charge in [0, 0.05) is 19.4 Å². The average Bonchev–Trinajstić information content (AvgIpc) is 2.25. The molecule has 0 saturated carbocycles. The van der Waals surface area contributed by atoms with Gasteiger partial charge in [-0.05, 0) is 6.42 Å². The summed E-state index contributed by atoms with van der Waals surface area (Å²) in [7, 11) is 0. The van der Waals surface area contributed by atoms with Crippen LogP contribution in [0.15, 0.2) is 0 Å². The Hall–Kier alpha value is -0.690. The third-order valence-corrected chi connectivity index (χ3v) is 2.15. The van der Waals surface area contributed by atoms with Crippen molar-refractivity contribution in [1.29, 1.82) is 0 Å². The summed E-state index contributed by atoms with van der Waals surface area (Å²) in [5.41, 5.74) is 0. The quantitative estimate of drug-likeness (QED) is 0.347. The molecule has 0 aromatic heterocycles. The molecule has 0 aliphatic heterocycles. The van der Waals surface area contributed by atoms with Crippen molar-refractivity contribution in [2.24, 2.45) is 0 Å². The molecule has 0 fully saturated rings. The lowest BCUT2D eigenvalue weighted by molar-refractivity contribution is -0.122. The van der Waals surface area contributed by atoms with Crippen molar-refractivity contribution in [1.82, 2.24) is 5.32 Å². The van der Waals surface area contributed by atoms with Crippen molar-refractivity contribution in [2.75, 3.05) is 13.2 Å². The molecule has 0 aliphatic carbocycles. The van der Waals surface area contributed by atoms with Gasteiger partial charge in [0.05, 0.1) is 24.9 Å². The van der Waals surface area contributed by atoms with Gasteiger partial charge in [-0.2, -0.15) is 0 Å². The summed E-state index contributed by atoms with van der Waals surface area (Å²) in [6.45, 7) is 1.34. The van der Waals surface area contributed by atoms with Gasteiger partial charge in [-0.1, -0.05) is 6.92 Å². The van der Waals surface area contributed by atoms with Crippen LogP contribution in [-0.4, -0.2) is 57.8 Å². The molecule has 3 unspecified atom stereocenters. The minimum atomic E-state index is -1.16. The highest BCUT2D eigenvalue weighted by molar-refractivity contribution is 5.75. The van der Waals surface area contributed by atoms with Crippen LogP contribution in [0.4, 0.5) is 0 Å². The standard InChI is InChI=1S/C10H21NO5/c1-2-3-10(16)11-5-9(15)8(14)4-7(13)6-12/h7-9,12-15H,2-6H2,1H3,(H,11,16). The molecular weight excluding hydrogens is 214 g/mol. The first-order valence-electron chi connectivity index (χ1n) is 5.43. The molecular formula is C10H21NO5. The highest BCUT2D eigenvalue weighted by atomic mass is 16.3. The molecule has 5 N–H and O–H groups in total. The average molecular weight is 235 g/mol. The molecule has 0 bridgehead atoms. The van der Waals surface area contributed by atoms with Gasteiger partial charge in [0.1, 0.15) is 0 Å². The number of hydrogen-bond acceptors (Lipinski definition) is 5. The molecule has 0 saturated heterocycles. The lowest BCUT2D eigenvalue weighted by Gasteiger charge is -2.20. The van der Waals surface area contributed by atoms with E-state index < -0.39 is 24.9 Å². The van der Waals surface area contributed by atoms with E-state index in [1.807, 2.05) is 6.92 Å². The molecule has 0 spiro atoms. The third kappa shape index (κ3) is 6.73. The van der Waals surface area contributed by atoms with Crippen LogP contribution in [0.3, 0.4) is 0 Å². The number of carbonyl (C=O) groups excluding carboxylic acids is 1. The Bertz CT molecular complexity index is 200. The minimum Gasteiger partial charge on any atom is -0.394 e. The van der Waals surface area contributed by atoms with Crippen LogP contribution in [0.25, 0.3) is 0 Å². The van der Waals surface area contributed by atoms with E-state index in [1.165, 1.54) is 0 Å². The van der Waals surface area contributed by atoms with Gasteiger partial charge in [0.25, 0.3) is 0 Å². The first kappa shape index (κ1) is 15.3. The van der Waals surface area contributed by atoms with Gasteiger partial charge in [-0.25, -0.2) is 0 Å². The Balaban J connectivity index is 3.78. The fourth-order valence-corrected chi connectivity index (χ4v) is 1.18. The van der Waals surface area contributed by atoms with Gasteiger partial charge < -0.3 is 25.7 Å². The molecule has 96 valence electrons. The molecule has 3 atom stereocenters. The number of hydrogen-bond donors (Lipinski definition) is 5. The maximum Gasteiger partial charge on any atom is 0.220 e. The van der Waals surface area contributed by atoms with E-state index in [0.29, 0.717) is 12.8 Å². The third-order valence-electron chi connectivity index (χ3n) is 2.15. The molecule has 0 heterocycles. The SMILES string of the molecule is CCCC(=O)NCC(O)C(O)CC(O)CO. The van der Waals surface area contributed by atoms with Crippen molar-refractivity contribution >= 4 is 5.91 Å². The smallest absolute Gasteiger partial charge is 0.220 e. The number of aliphatic hydroxyl groups excluding tert-OH is 4. The van der Waals surface area contributed by atoms with Crippen molar-refractivity contribution in [3.63, 3.8) is 0 Å². The minimum absolute atomic E-state index is 0.0574. The number of nitrogens with one attached hydrogen (secondary N) is 1. The molecule has 6 nitrogen and oxygen atoms in total. The number of rotatable bonds is 8. The predicted octanol–water partition coefficient (Wildman–Crippen LogP) is -1.63. The maximum absolute atomic E-state index is 11.1. The van der Waals surface area contributed by atoms with Gasteiger partial charge in [0.2, 0.25) is 5.91 Å². The summed E-state index contributed by atoms with van der Waals surface area (Å²) in [5.74, 6) is -0.184. The summed E-state index contributed by atoms with van der Waals surface area (Å²) in [6, 6.07) is 0. The van der Waals surface area contributed by atoms with E-state index in [2.05, 4.69) is 5.32 Å². The number of amides is 1. The molecule has 16 heavy (non-hydrogen) atoms. The maximum atomic E-state index is 11.1. The van der Waals surface area contributed by atoms with Crippen LogP contribution < -0.4 is 5.32 Å². The van der Waals surface area contributed by atoms with Gasteiger partial charge in [0.15, 0.2) is 0 Å². The van der Waals surface area contributed by atoms with E-state index in [9.17, 15) is 15.0 Å². The zero-order valence-electron chi connectivity index (χ0n) is 9.46. The highest BCUT2D eigenvalue weighted by Crippen LogP contribution is 2.02. The van der Waals surface area contributed by atoms with E-state index in [0.717, 1.165) is 0 Å². The van der Waals surface area contributed by atoms with Crippen molar-refractivity contribution in [3.05, 3.63) is 0 Å². The molecule has 0 aromatic carbocycles. The Kier molecular flexibility index (Phi) is 8.10. The van der Waals surface area contributed by atoms with Crippen LogP contribution in [0.2, 0.25) is 0 Å². The normalized spacial score (nSPS) is 16.6. The first-order chi connectivity index (χ1) is 7.51. The van der Waals surface area contributed by atoms with Crippen LogP contribution in [0.1, 0.15) is 26.2 Å². The lowest BCUT2D eigenvalue weighted by Crippen LogP contribution is -2.40.